The molecule has 0 aliphatic carbocycles. The Balaban J connectivity index is 3.85. The van der Waals surface area contributed by atoms with Crippen LogP contribution < -0.4 is 11.1 Å². The summed E-state index contributed by atoms with van der Waals surface area (Å²) in [7, 11) is 0. The van der Waals surface area contributed by atoms with Crippen LogP contribution in [0.2, 0.25) is 0 Å². The number of hydrogen-bond acceptors (Lipinski definition) is 4. The van der Waals surface area contributed by atoms with Crippen LogP contribution in [0.15, 0.2) is 5.16 Å². The minimum absolute atomic E-state index is 0.0170. The second kappa shape index (κ2) is 8.85. The number of nitrogens with zero attached hydrogens (tertiary/aromatic N) is 1. The zero-order valence-electron chi connectivity index (χ0n) is 9.86. The topological polar surface area (TPSA) is 70.6 Å². The van der Waals surface area contributed by atoms with Crippen molar-refractivity contribution in [2.45, 2.75) is 45.7 Å². The first-order chi connectivity index (χ1) is 7.15. The average molecular weight is 233 g/mol. The van der Waals surface area contributed by atoms with Gasteiger partial charge in [0.25, 0.3) is 0 Å². The van der Waals surface area contributed by atoms with Crippen LogP contribution in [-0.2, 0) is 0 Å². The summed E-state index contributed by atoms with van der Waals surface area (Å²) in [5, 5.41) is 15.0. The van der Waals surface area contributed by atoms with Crippen molar-refractivity contribution >= 4 is 17.6 Å². The second-order valence-corrected chi connectivity index (χ2v) is 4.93. The molecule has 2 atom stereocenters. The van der Waals surface area contributed by atoms with Gasteiger partial charge in [0.1, 0.15) is 0 Å². The van der Waals surface area contributed by atoms with Gasteiger partial charge in [-0.3, -0.25) is 0 Å². The van der Waals surface area contributed by atoms with Gasteiger partial charge in [-0.1, -0.05) is 19.0 Å². The van der Waals surface area contributed by atoms with Crippen molar-refractivity contribution in [2.75, 3.05) is 11.5 Å². The van der Waals surface area contributed by atoms with Crippen LogP contribution in [0.4, 0.5) is 0 Å². The molecule has 0 amide bonds. The van der Waals surface area contributed by atoms with Gasteiger partial charge in [0.05, 0.1) is 6.04 Å². The fourth-order valence-electron chi connectivity index (χ4n) is 1.31. The molecule has 0 fully saturated rings. The summed E-state index contributed by atoms with van der Waals surface area (Å²) in [6.07, 6.45) is 1.94. The molecule has 0 aromatic rings. The van der Waals surface area contributed by atoms with E-state index in [0.717, 1.165) is 24.3 Å². The second-order valence-electron chi connectivity index (χ2n) is 3.54. The molecular weight excluding hydrogens is 210 g/mol. The summed E-state index contributed by atoms with van der Waals surface area (Å²) in [6.45, 7) is 6.31. The maximum Gasteiger partial charge on any atom is 0.156 e. The third-order valence-corrected chi connectivity index (χ3v) is 3.20. The van der Waals surface area contributed by atoms with Gasteiger partial charge in [0.15, 0.2) is 5.84 Å². The van der Waals surface area contributed by atoms with Crippen LogP contribution in [0, 0.1) is 0 Å². The Morgan fingerprint density at radius 1 is 1.53 bits per heavy atom. The molecule has 4 nitrogen and oxygen atoms in total. The fourth-order valence-corrected chi connectivity index (χ4v) is 2.12. The Hall–Kier alpha value is -0.420. The van der Waals surface area contributed by atoms with E-state index >= 15 is 0 Å². The molecule has 0 aliphatic heterocycles. The standard InChI is InChI=1S/C10H23N3OS/c1-4-9(10(11)13-14)12-8(3)6-7-15-5-2/h8-9,12,14H,4-7H2,1-3H3,(H2,11,13). The molecule has 0 bridgehead atoms. The predicted molar refractivity (Wildman–Crippen MR) is 67.7 cm³/mol. The zero-order valence-corrected chi connectivity index (χ0v) is 10.7. The largest absolute Gasteiger partial charge is 0.409 e. The molecule has 2 unspecified atom stereocenters. The summed E-state index contributed by atoms with van der Waals surface area (Å²) < 4.78 is 0. The number of nitrogens with one attached hydrogen (secondary N) is 1. The molecule has 0 rings (SSSR count). The molecule has 0 heterocycles. The van der Waals surface area contributed by atoms with Crippen LogP contribution in [-0.4, -0.2) is 34.6 Å². The number of amidine groups is 1. The van der Waals surface area contributed by atoms with Gasteiger partial charge in [0, 0.05) is 6.04 Å². The van der Waals surface area contributed by atoms with E-state index in [1.54, 1.807) is 0 Å². The molecule has 15 heavy (non-hydrogen) atoms. The molecule has 0 saturated carbocycles. The van der Waals surface area contributed by atoms with Crippen molar-refractivity contribution in [2.24, 2.45) is 10.9 Å². The molecule has 0 aromatic carbocycles. The number of oxime groups is 1. The van der Waals surface area contributed by atoms with Crippen molar-refractivity contribution in [1.82, 2.24) is 5.32 Å². The highest BCUT2D eigenvalue weighted by molar-refractivity contribution is 7.99. The van der Waals surface area contributed by atoms with E-state index in [0.29, 0.717) is 6.04 Å². The van der Waals surface area contributed by atoms with Gasteiger partial charge in [-0.2, -0.15) is 11.8 Å². The molecule has 0 aromatic heterocycles. The van der Waals surface area contributed by atoms with Crippen LogP contribution in [0.3, 0.4) is 0 Å². The van der Waals surface area contributed by atoms with E-state index < -0.39 is 0 Å². The van der Waals surface area contributed by atoms with Gasteiger partial charge in [-0.25, -0.2) is 0 Å². The minimum atomic E-state index is -0.0170. The lowest BCUT2D eigenvalue weighted by Crippen LogP contribution is -2.45. The van der Waals surface area contributed by atoms with Crippen molar-refractivity contribution in [3.8, 4) is 0 Å². The third-order valence-electron chi connectivity index (χ3n) is 2.27. The van der Waals surface area contributed by atoms with E-state index in [1.165, 1.54) is 0 Å². The minimum Gasteiger partial charge on any atom is -0.409 e. The first kappa shape index (κ1) is 14.6. The lowest BCUT2D eigenvalue weighted by molar-refractivity contribution is 0.313. The van der Waals surface area contributed by atoms with Crippen LogP contribution in [0.5, 0.6) is 0 Å². The Morgan fingerprint density at radius 3 is 2.67 bits per heavy atom. The monoisotopic (exact) mass is 233 g/mol. The van der Waals surface area contributed by atoms with Gasteiger partial charge in [0.2, 0.25) is 0 Å². The van der Waals surface area contributed by atoms with E-state index in [-0.39, 0.29) is 11.9 Å². The maximum atomic E-state index is 8.58. The van der Waals surface area contributed by atoms with Gasteiger partial charge < -0.3 is 16.3 Å². The van der Waals surface area contributed by atoms with E-state index in [1.807, 2.05) is 18.7 Å². The maximum absolute atomic E-state index is 8.58. The van der Waals surface area contributed by atoms with Crippen LogP contribution in [0.25, 0.3) is 0 Å². The lowest BCUT2D eigenvalue weighted by atomic mass is 10.1. The van der Waals surface area contributed by atoms with Crippen LogP contribution >= 0.6 is 11.8 Å². The summed E-state index contributed by atoms with van der Waals surface area (Å²) in [5.41, 5.74) is 5.56. The summed E-state index contributed by atoms with van der Waals surface area (Å²) in [5.74, 6) is 2.58. The summed E-state index contributed by atoms with van der Waals surface area (Å²) >= 11 is 1.93. The number of hydrogen-bond donors (Lipinski definition) is 3. The van der Waals surface area contributed by atoms with Crippen molar-refractivity contribution in [3.05, 3.63) is 0 Å². The Labute approximate surface area is 96.7 Å². The molecule has 0 spiro atoms. The first-order valence-electron chi connectivity index (χ1n) is 5.46. The normalized spacial score (nSPS) is 16.3. The number of rotatable bonds is 8. The SMILES string of the molecule is CCSCCC(C)NC(CC)C(N)=NO. The quantitative estimate of drug-likeness (QED) is 0.196. The number of nitrogens with two attached hydrogens (primary N) is 1. The van der Waals surface area contributed by atoms with E-state index in [2.05, 4.69) is 24.3 Å². The van der Waals surface area contributed by atoms with Gasteiger partial charge >= 0.3 is 0 Å². The fraction of sp³-hybridized carbons (Fsp3) is 0.900. The van der Waals surface area contributed by atoms with Gasteiger partial charge in [-0.05, 0) is 31.3 Å². The van der Waals surface area contributed by atoms with Crippen molar-refractivity contribution in [3.63, 3.8) is 0 Å². The number of thioether (sulfide) groups is 1. The predicted octanol–water partition coefficient (Wildman–Crippen LogP) is 1.63. The Bertz CT molecular complexity index is 188. The smallest absolute Gasteiger partial charge is 0.156 e. The highest BCUT2D eigenvalue weighted by atomic mass is 32.2. The Morgan fingerprint density at radius 2 is 2.20 bits per heavy atom. The highest BCUT2D eigenvalue weighted by Gasteiger charge is 2.13. The summed E-state index contributed by atoms with van der Waals surface area (Å²) in [4.78, 5) is 0. The van der Waals surface area contributed by atoms with Crippen molar-refractivity contribution < 1.29 is 5.21 Å². The molecule has 0 aliphatic rings. The van der Waals surface area contributed by atoms with Crippen molar-refractivity contribution in [1.29, 1.82) is 0 Å². The lowest BCUT2D eigenvalue weighted by Gasteiger charge is -2.20. The average Bonchev–Trinajstić information content (AvgIpc) is 2.25. The summed E-state index contributed by atoms with van der Waals surface area (Å²) in [6, 6.07) is 0.380. The van der Waals surface area contributed by atoms with E-state index in [4.69, 9.17) is 10.9 Å². The third kappa shape index (κ3) is 6.62. The highest BCUT2D eigenvalue weighted by Crippen LogP contribution is 2.05. The molecule has 90 valence electrons. The van der Waals surface area contributed by atoms with Crippen LogP contribution in [0.1, 0.15) is 33.6 Å². The van der Waals surface area contributed by atoms with Gasteiger partial charge in [-0.15, -0.1) is 0 Å². The molecular formula is C10H23N3OS. The first-order valence-corrected chi connectivity index (χ1v) is 6.62. The Kier molecular flexibility index (Phi) is 8.61. The molecule has 0 saturated heterocycles. The molecule has 0 radical (unpaired) electrons. The zero-order chi connectivity index (χ0) is 11.7. The molecule has 5 heteroatoms. The molecule has 4 N–H and O–H groups in total. The van der Waals surface area contributed by atoms with E-state index in [9.17, 15) is 0 Å².